The highest BCUT2D eigenvalue weighted by atomic mass is 35.5. The highest BCUT2D eigenvalue weighted by Crippen LogP contribution is 2.37. The van der Waals surface area contributed by atoms with Gasteiger partial charge < -0.3 is 5.32 Å². The predicted octanol–water partition coefficient (Wildman–Crippen LogP) is 2.55. The van der Waals surface area contributed by atoms with Crippen LogP contribution in [-0.2, 0) is 14.8 Å². The number of piperazine rings is 1. The Morgan fingerprint density at radius 1 is 1.19 bits per heavy atom. The van der Waals surface area contributed by atoms with Gasteiger partial charge in [0.05, 0.1) is 10.0 Å². The summed E-state index contributed by atoms with van der Waals surface area (Å²) in [7, 11) is -4.03. The highest BCUT2D eigenvalue weighted by Gasteiger charge is 2.46. The van der Waals surface area contributed by atoms with Crippen LogP contribution in [-0.4, -0.2) is 37.3 Å². The zero-order chi connectivity index (χ0) is 16.0. The Bertz CT molecular complexity index is 681. The molecule has 1 fully saturated rings. The number of rotatable bonds is 2. The van der Waals surface area contributed by atoms with Gasteiger partial charge in [-0.1, -0.05) is 34.8 Å². The zero-order valence-corrected chi connectivity index (χ0v) is 14.4. The molecular weight excluding hydrogens is 359 g/mol. The number of hydrogen-bond donors (Lipinski definition) is 1. The van der Waals surface area contributed by atoms with Crippen molar-refractivity contribution < 1.29 is 13.2 Å². The molecule has 0 radical (unpaired) electrons. The molecule has 0 aliphatic carbocycles. The molecule has 2 rings (SSSR count). The quantitative estimate of drug-likeness (QED) is 0.869. The van der Waals surface area contributed by atoms with Crippen LogP contribution in [0.15, 0.2) is 17.0 Å². The van der Waals surface area contributed by atoms with Gasteiger partial charge in [-0.15, -0.1) is 0 Å². The van der Waals surface area contributed by atoms with Crippen LogP contribution in [0.5, 0.6) is 0 Å². The minimum absolute atomic E-state index is 0.0747. The van der Waals surface area contributed by atoms with Crippen LogP contribution < -0.4 is 5.32 Å². The third-order valence-corrected chi connectivity index (χ3v) is 6.50. The largest absolute Gasteiger partial charge is 0.353 e. The van der Waals surface area contributed by atoms with Gasteiger partial charge in [0.25, 0.3) is 0 Å². The molecule has 21 heavy (non-hydrogen) atoms. The average molecular weight is 372 g/mol. The SMILES string of the molecule is CC1(C)C(=O)NCCN1S(=O)(=O)c1c(Cl)cc(Cl)cc1Cl. The van der Waals surface area contributed by atoms with Crippen LogP contribution in [0.2, 0.25) is 15.1 Å². The van der Waals surface area contributed by atoms with Crippen molar-refractivity contribution in [1.29, 1.82) is 0 Å². The lowest BCUT2D eigenvalue weighted by molar-refractivity contribution is -0.131. The van der Waals surface area contributed by atoms with Crippen molar-refractivity contribution in [1.82, 2.24) is 9.62 Å². The normalized spacial score (nSPS) is 19.4. The van der Waals surface area contributed by atoms with E-state index in [1.807, 2.05) is 0 Å². The Labute approximate surface area is 138 Å². The Morgan fingerprint density at radius 2 is 1.71 bits per heavy atom. The summed E-state index contributed by atoms with van der Waals surface area (Å²) in [5.41, 5.74) is -1.23. The molecule has 1 amide bonds. The molecular formula is C12H13Cl3N2O3S. The summed E-state index contributed by atoms with van der Waals surface area (Å²) in [4.78, 5) is 11.7. The van der Waals surface area contributed by atoms with Crippen molar-refractivity contribution in [3.63, 3.8) is 0 Å². The van der Waals surface area contributed by atoms with Gasteiger partial charge in [-0.3, -0.25) is 4.79 Å². The molecule has 1 aromatic carbocycles. The Balaban J connectivity index is 2.60. The molecule has 9 heteroatoms. The number of nitrogens with one attached hydrogen (secondary N) is 1. The van der Waals surface area contributed by atoms with Gasteiger partial charge in [0.2, 0.25) is 15.9 Å². The number of carbonyl (C=O) groups is 1. The first-order chi connectivity index (χ1) is 9.58. The second-order valence-corrected chi connectivity index (χ2v) is 8.14. The molecule has 0 bridgehead atoms. The van der Waals surface area contributed by atoms with Gasteiger partial charge >= 0.3 is 0 Å². The van der Waals surface area contributed by atoms with Gasteiger partial charge in [0.1, 0.15) is 10.4 Å². The number of nitrogens with zero attached hydrogens (tertiary/aromatic N) is 1. The van der Waals surface area contributed by atoms with E-state index in [9.17, 15) is 13.2 Å². The molecule has 1 aliphatic heterocycles. The molecule has 0 spiro atoms. The van der Waals surface area contributed by atoms with Crippen molar-refractivity contribution in [2.75, 3.05) is 13.1 Å². The van der Waals surface area contributed by atoms with Crippen molar-refractivity contribution >= 4 is 50.7 Å². The third-order valence-electron chi connectivity index (χ3n) is 3.29. The number of benzene rings is 1. The fraction of sp³-hybridized carbons (Fsp3) is 0.417. The van der Waals surface area contributed by atoms with Crippen molar-refractivity contribution in [3.8, 4) is 0 Å². The summed E-state index contributed by atoms with van der Waals surface area (Å²) in [5, 5.41) is 2.72. The van der Waals surface area contributed by atoms with Crippen LogP contribution in [0.25, 0.3) is 0 Å². The average Bonchev–Trinajstić information content (AvgIpc) is 2.30. The number of amides is 1. The van der Waals surface area contributed by atoms with E-state index in [-0.39, 0.29) is 39.0 Å². The minimum atomic E-state index is -4.03. The van der Waals surface area contributed by atoms with E-state index in [1.54, 1.807) is 0 Å². The molecule has 0 aromatic heterocycles. The molecule has 0 saturated carbocycles. The number of sulfonamides is 1. The molecule has 1 saturated heterocycles. The van der Waals surface area contributed by atoms with E-state index in [0.717, 1.165) is 4.31 Å². The van der Waals surface area contributed by atoms with Gasteiger partial charge in [-0.2, -0.15) is 4.31 Å². The predicted molar refractivity (Wildman–Crippen MR) is 82.5 cm³/mol. The van der Waals surface area contributed by atoms with E-state index >= 15 is 0 Å². The lowest BCUT2D eigenvalue weighted by Crippen LogP contribution is -2.63. The Morgan fingerprint density at radius 3 is 2.24 bits per heavy atom. The Hall–Kier alpha value is -0.530. The van der Waals surface area contributed by atoms with E-state index in [4.69, 9.17) is 34.8 Å². The lowest BCUT2D eigenvalue weighted by Gasteiger charge is -2.40. The van der Waals surface area contributed by atoms with Gasteiger partial charge in [-0.05, 0) is 26.0 Å². The van der Waals surface area contributed by atoms with E-state index in [1.165, 1.54) is 26.0 Å². The number of halogens is 3. The molecule has 0 atom stereocenters. The van der Waals surface area contributed by atoms with Gasteiger partial charge in [0.15, 0.2) is 0 Å². The summed E-state index contributed by atoms with van der Waals surface area (Å²) in [6, 6.07) is 2.61. The summed E-state index contributed by atoms with van der Waals surface area (Å²) in [6.07, 6.45) is 0. The van der Waals surface area contributed by atoms with E-state index < -0.39 is 15.6 Å². The smallest absolute Gasteiger partial charge is 0.247 e. The van der Waals surface area contributed by atoms with Crippen LogP contribution in [0.4, 0.5) is 0 Å². The summed E-state index contributed by atoms with van der Waals surface area (Å²) >= 11 is 17.8. The maximum absolute atomic E-state index is 12.8. The maximum Gasteiger partial charge on any atom is 0.247 e. The van der Waals surface area contributed by atoms with Gasteiger partial charge in [-0.25, -0.2) is 8.42 Å². The topological polar surface area (TPSA) is 66.5 Å². The first-order valence-corrected chi connectivity index (χ1v) is 8.61. The molecule has 1 aromatic rings. The van der Waals surface area contributed by atoms with Crippen LogP contribution >= 0.6 is 34.8 Å². The molecule has 1 N–H and O–H groups in total. The first-order valence-electron chi connectivity index (χ1n) is 6.04. The molecule has 5 nitrogen and oxygen atoms in total. The fourth-order valence-corrected chi connectivity index (χ4v) is 5.43. The molecule has 1 aliphatic rings. The van der Waals surface area contributed by atoms with Crippen molar-refractivity contribution in [2.45, 2.75) is 24.3 Å². The molecule has 0 unspecified atom stereocenters. The number of hydrogen-bond acceptors (Lipinski definition) is 3. The maximum atomic E-state index is 12.8. The third kappa shape index (κ3) is 2.87. The first kappa shape index (κ1) is 16.8. The van der Waals surface area contributed by atoms with E-state index in [2.05, 4.69) is 5.32 Å². The summed E-state index contributed by atoms with van der Waals surface area (Å²) in [6.45, 7) is 3.41. The fourth-order valence-electron chi connectivity index (χ4n) is 2.19. The molecule has 1 heterocycles. The second kappa shape index (κ2) is 5.59. The highest BCUT2D eigenvalue weighted by molar-refractivity contribution is 7.89. The zero-order valence-electron chi connectivity index (χ0n) is 11.3. The summed E-state index contributed by atoms with van der Waals surface area (Å²) in [5.74, 6) is -0.376. The standard InChI is InChI=1S/C12H13Cl3N2O3S/c1-12(2)11(18)16-3-4-17(12)21(19,20)10-8(14)5-7(13)6-9(10)15/h5-6H,3-4H2,1-2H3,(H,16,18). The van der Waals surface area contributed by atoms with Crippen LogP contribution in [0.3, 0.4) is 0 Å². The molecule has 116 valence electrons. The number of carbonyl (C=O) groups excluding carboxylic acids is 1. The second-order valence-electron chi connectivity index (χ2n) is 5.09. The monoisotopic (exact) mass is 370 g/mol. The van der Waals surface area contributed by atoms with E-state index in [0.29, 0.717) is 0 Å². The summed E-state index contributed by atoms with van der Waals surface area (Å²) < 4.78 is 26.8. The lowest BCUT2D eigenvalue weighted by atomic mass is 10.0. The van der Waals surface area contributed by atoms with Gasteiger partial charge in [0, 0.05) is 18.1 Å². The van der Waals surface area contributed by atoms with Crippen LogP contribution in [0, 0.1) is 0 Å². The minimum Gasteiger partial charge on any atom is -0.353 e. The van der Waals surface area contributed by atoms with Crippen LogP contribution in [0.1, 0.15) is 13.8 Å². The van der Waals surface area contributed by atoms with Crippen molar-refractivity contribution in [3.05, 3.63) is 27.2 Å². The van der Waals surface area contributed by atoms with Crippen molar-refractivity contribution in [2.24, 2.45) is 0 Å². The Kier molecular flexibility index (Phi) is 4.48.